The monoisotopic (exact) mass is 852 g/mol. The summed E-state index contributed by atoms with van der Waals surface area (Å²) in [5.74, 6) is 0.931. The molecule has 4 aromatic carbocycles. The molecule has 0 bridgehead atoms. The summed E-state index contributed by atoms with van der Waals surface area (Å²) in [5, 5.41) is 12.0. The molecule has 3 aromatic heterocycles. The van der Waals surface area contributed by atoms with E-state index in [0.29, 0.717) is 5.56 Å². The van der Waals surface area contributed by atoms with E-state index in [1.807, 2.05) is 18.3 Å². The van der Waals surface area contributed by atoms with E-state index < -0.39 is 0 Å². The van der Waals surface area contributed by atoms with E-state index in [4.69, 9.17) is 9.97 Å². The first kappa shape index (κ1) is 36.2. The number of fused-ring (bicyclic) bond motifs is 2. The van der Waals surface area contributed by atoms with Gasteiger partial charge in [0.15, 0.2) is 0 Å². The van der Waals surface area contributed by atoms with Gasteiger partial charge in [-0.2, -0.15) is 0 Å². The van der Waals surface area contributed by atoms with E-state index >= 15 is 0 Å². The Morgan fingerprint density at radius 1 is 0.627 bits per heavy atom. The minimum atomic E-state index is -0.0625. The molecular weight excluding hydrogens is 808 g/mol. The normalized spacial score (nSPS) is 12.3. The smallest absolute Gasteiger partial charge is 0.126 e. The molecule has 0 unspecified atom stereocenters. The summed E-state index contributed by atoms with van der Waals surface area (Å²) in [7, 11) is 0. The summed E-state index contributed by atoms with van der Waals surface area (Å²) < 4.78 is 2.20. The van der Waals surface area contributed by atoms with E-state index in [0.717, 1.165) is 50.3 Å². The van der Waals surface area contributed by atoms with Crippen molar-refractivity contribution in [1.82, 2.24) is 19.5 Å². The van der Waals surface area contributed by atoms with Crippen LogP contribution in [-0.4, -0.2) is 24.6 Å². The van der Waals surface area contributed by atoms with Gasteiger partial charge in [-0.1, -0.05) is 110 Å². The second kappa shape index (κ2) is 13.2. The maximum Gasteiger partial charge on any atom is 0.126 e. The van der Waals surface area contributed by atoms with E-state index in [2.05, 4.69) is 145 Å². The summed E-state index contributed by atoms with van der Waals surface area (Å²) in [6.07, 6.45) is 5.22. The van der Waals surface area contributed by atoms with Gasteiger partial charge in [-0.15, -0.1) is 29.8 Å². The van der Waals surface area contributed by atoms with E-state index in [1.165, 1.54) is 22.1 Å². The molecule has 3 heterocycles. The van der Waals surface area contributed by atoms with Gasteiger partial charge < -0.3 is 9.67 Å². The SMILES string of the molecule is CC(C)(C)c1ccc(-n2c(-c3[c-]c(-c4cc(C(C)(C)C)cc5c(C(C)(C)C)ccnc45)ccc3)nc3c(-c4cnccc4O)cccc32)cc1.[Pt]. The van der Waals surface area contributed by atoms with Crippen molar-refractivity contribution in [2.45, 2.75) is 78.6 Å². The second-order valence-corrected chi connectivity index (χ2v) is 16.4. The Morgan fingerprint density at radius 3 is 1.98 bits per heavy atom. The van der Waals surface area contributed by atoms with Crippen LogP contribution in [0.2, 0.25) is 0 Å². The predicted molar refractivity (Wildman–Crippen MR) is 207 cm³/mol. The molecule has 0 saturated heterocycles. The standard InChI is InChI=1S/C45H45N4O.Pt/c1-43(2,3)30-16-18-32(19-17-30)49-38-15-11-14-33(36-27-46-22-21-39(36)50)41(38)48-42(49)29-13-10-12-28(24-29)34-25-31(44(4,5)6)26-35-37(45(7,8)9)20-23-47-40(34)35;/h10-23,25-27H,1-9H3,(H,46,50);/q-1;. The number of imidazole rings is 1. The molecule has 0 fully saturated rings. The Balaban J connectivity index is 0.00000448. The van der Waals surface area contributed by atoms with Crippen LogP contribution in [0.25, 0.3) is 61.3 Å². The average Bonchev–Trinajstić information content (AvgIpc) is 3.47. The van der Waals surface area contributed by atoms with Gasteiger partial charge in [0.05, 0.1) is 16.9 Å². The first-order chi connectivity index (χ1) is 23.6. The summed E-state index contributed by atoms with van der Waals surface area (Å²) in [6.45, 7) is 20.2. The molecule has 0 amide bonds. The topological polar surface area (TPSA) is 63.8 Å². The third-order valence-corrected chi connectivity index (χ3v) is 9.61. The molecule has 7 aromatic rings. The van der Waals surface area contributed by atoms with Crippen molar-refractivity contribution in [3.8, 4) is 45.1 Å². The van der Waals surface area contributed by atoms with E-state index in [-0.39, 0.29) is 43.1 Å². The zero-order valence-corrected chi connectivity index (χ0v) is 33.1. The summed E-state index contributed by atoms with van der Waals surface area (Å²) in [5.41, 5.74) is 11.7. The molecule has 1 N–H and O–H groups in total. The van der Waals surface area contributed by atoms with Crippen LogP contribution in [0.3, 0.4) is 0 Å². The Bertz CT molecular complexity index is 2390. The van der Waals surface area contributed by atoms with Gasteiger partial charge >= 0.3 is 0 Å². The minimum Gasteiger partial charge on any atom is -0.507 e. The fourth-order valence-corrected chi connectivity index (χ4v) is 6.77. The Hall–Kier alpha value is -4.60. The molecular formula is C45H45N4OPt-. The molecule has 0 radical (unpaired) electrons. The van der Waals surface area contributed by atoms with Crippen molar-refractivity contribution in [3.63, 3.8) is 0 Å². The van der Waals surface area contributed by atoms with Gasteiger partial charge in [-0.3, -0.25) is 15.0 Å². The molecule has 0 aliphatic carbocycles. The van der Waals surface area contributed by atoms with E-state index in [1.54, 1.807) is 18.5 Å². The number of rotatable bonds is 4. The zero-order valence-electron chi connectivity index (χ0n) is 30.9. The van der Waals surface area contributed by atoms with Crippen LogP contribution in [0.5, 0.6) is 5.75 Å². The molecule has 0 atom stereocenters. The van der Waals surface area contributed by atoms with Crippen molar-refractivity contribution in [2.75, 3.05) is 0 Å². The number of para-hydroxylation sites is 1. The molecule has 0 aliphatic rings. The van der Waals surface area contributed by atoms with Gasteiger partial charge in [-0.25, -0.2) is 0 Å². The first-order valence-corrected chi connectivity index (χ1v) is 17.3. The molecule has 262 valence electrons. The van der Waals surface area contributed by atoms with Gasteiger partial charge in [-0.05, 0) is 68.7 Å². The first-order valence-electron chi connectivity index (χ1n) is 17.3. The maximum absolute atomic E-state index is 10.9. The van der Waals surface area contributed by atoms with Crippen molar-refractivity contribution in [2.24, 2.45) is 0 Å². The molecule has 0 spiro atoms. The number of pyridine rings is 2. The Kier molecular flexibility index (Phi) is 9.36. The summed E-state index contributed by atoms with van der Waals surface area (Å²) >= 11 is 0. The summed E-state index contributed by atoms with van der Waals surface area (Å²) in [6, 6.07) is 33.3. The average molecular weight is 853 g/mol. The van der Waals surface area contributed by atoms with Gasteiger partial charge in [0.1, 0.15) is 5.75 Å². The van der Waals surface area contributed by atoms with Crippen LogP contribution in [0.4, 0.5) is 0 Å². The molecule has 5 nitrogen and oxygen atoms in total. The molecule has 6 heteroatoms. The quantitative estimate of drug-likeness (QED) is 0.179. The zero-order chi connectivity index (χ0) is 35.6. The molecule has 0 saturated carbocycles. The van der Waals surface area contributed by atoms with Crippen molar-refractivity contribution in [3.05, 3.63) is 126 Å². The molecule has 0 aliphatic heterocycles. The maximum atomic E-state index is 10.9. The number of aromatic hydroxyl groups is 1. The van der Waals surface area contributed by atoms with Crippen LogP contribution >= 0.6 is 0 Å². The number of aromatic nitrogens is 4. The van der Waals surface area contributed by atoms with Crippen LogP contribution in [-0.2, 0) is 37.3 Å². The largest absolute Gasteiger partial charge is 0.507 e. The number of nitrogens with zero attached hydrogens (tertiary/aromatic N) is 4. The summed E-state index contributed by atoms with van der Waals surface area (Å²) in [4.78, 5) is 14.6. The fraction of sp³-hybridized carbons (Fsp3) is 0.267. The number of hydrogen-bond acceptors (Lipinski definition) is 4. The van der Waals surface area contributed by atoms with E-state index in [9.17, 15) is 5.11 Å². The van der Waals surface area contributed by atoms with Crippen molar-refractivity contribution in [1.29, 1.82) is 0 Å². The van der Waals surface area contributed by atoms with Gasteiger partial charge in [0.2, 0.25) is 0 Å². The van der Waals surface area contributed by atoms with Gasteiger partial charge in [0, 0.05) is 62.0 Å². The van der Waals surface area contributed by atoms with Crippen LogP contribution in [0.1, 0.15) is 79.0 Å². The van der Waals surface area contributed by atoms with Crippen LogP contribution < -0.4 is 0 Å². The van der Waals surface area contributed by atoms with Crippen molar-refractivity contribution >= 4 is 21.9 Å². The fourth-order valence-electron chi connectivity index (χ4n) is 6.77. The predicted octanol–water partition coefficient (Wildman–Crippen LogP) is 11.4. The minimum absolute atomic E-state index is 0. The molecule has 51 heavy (non-hydrogen) atoms. The van der Waals surface area contributed by atoms with Crippen molar-refractivity contribution < 1.29 is 26.2 Å². The Labute approximate surface area is 316 Å². The van der Waals surface area contributed by atoms with Crippen LogP contribution in [0.15, 0.2) is 104 Å². The van der Waals surface area contributed by atoms with Crippen LogP contribution in [0, 0.1) is 6.07 Å². The number of benzene rings is 4. The third kappa shape index (κ3) is 6.77. The Morgan fingerprint density at radius 2 is 1.31 bits per heavy atom. The molecule has 7 rings (SSSR count). The number of hydrogen-bond donors (Lipinski definition) is 1. The van der Waals surface area contributed by atoms with Gasteiger partial charge in [0.25, 0.3) is 0 Å². The third-order valence-electron chi connectivity index (χ3n) is 9.61. The second-order valence-electron chi connectivity index (χ2n) is 16.4.